The zero-order valence-corrected chi connectivity index (χ0v) is 16.7. The number of aryl methyl sites for hydroxylation is 1. The Morgan fingerprint density at radius 3 is 2.26 bits per heavy atom. The number of amides is 2. The van der Waals surface area contributed by atoms with Crippen LogP contribution in [0, 0.1) is 5.92 Å². The van der Waals surface area contributed by atoms with E-state index in [2.05, 4.69) is 6.92 Å². The van der Waals surface area contributed by atoms with E-state index >= 15 is 0 Å². The highest BCUT2D eigenvalue weighted by atomic mass is 32.2. The summed E-state index contributed by atoms with van der Waals surface area (Å²) in [6.07, 6.45) is 1.15. The summed E-state index contributed by atoms with van der Waals surface area (Å²) in [4.78, 5) is 28.6. The predicted octanol–water partition coefficient (Wildman–Crippen LogP) is 1.10. The van der Waals surface area contributed by atoms with Gasteiger partial charge in [0.2, 0.25) is 21.8 Å². The minimum absolute atomic E-state index is 0.0372. The van der Waals surface area contributed by atoms with Crippen molar-refractivity contribution >= 4 is 27.5 Å². The molecular weight excluding hydrogens is 366 g/mol. The van der Waals surface area contributed by atoms with Gasteiger partial charge in [-0.1, -0.05) is 19.1 Å². The zero-order valence-electron chi connectivity index (χ0n) is 15.9. The van der Waals surface area contributed by atoms with Crippen molar-refractivity contribution in [2.75, 3.05) is 43.4 Å². The summed E-state index contributed by atoms with van der Waals surface area (Å²) in [7, 11) is -3.22. The standard InChI is InChI=1S/C19H27N3O4S/c1-3-15-5-7-17(8-6-15)22-14-16(13-18(22)23)19(24)20-9-11-21(12-10-20)27(25,26)4-2/h5-8,16H,3-4,9-14H2,1-2H3. The number of hydrogen-bond donors (Lipinski definition) is 0. The normalized spacial score (nSPS) is 21.7. The van der Waals surface area contributed by atoms with Gasteiger partial charge in [0.05, 0.1) is 11.7 Å². The average molecular weight is 394 g/mol. The number of rotatable bonds is 5. The van der Waals surface area contributed by atoms with Crippen molar-refractivity contribution in [1.29, 1.82) is 0 Å². The molecule has 0 aromatic heterocycles. The van der Waals surface area contributed by atoms with Crippen LogP contribution in [0.4, 0.5) is 5.69 Å². The molecule has 2 heterocycles. The van der Waals surface area contributed by atoms with Gasteiger partial charge in [0.25, 0.3) is 0 Å². The SMILES string of the molecule is CCc1ccc(N2CC(C(=O)N3CCN(S(=O)(=O)CC)CC3)CC2=O)cc1. The highest BCUT2D eigenvalue weighted by Gasteiger charge is 2.38. The van der Waals surface area contributed by atoms with Gasteiger partial charge in [0.15, 0.2) is 0 Å². The third-order valence-electron chi connectivity index (χ3n) is 5.44. The first-order valence-corrected chi connectivity index (χ1v) is 11.1. The molecule has 0 aliphatic carbocycles. The van der Waals surface area contributed by atoms with Crippen LogP contribution in [-0.4, -0.2) is 67.9 Å². The van der Waals surface area contributed by atoms with Crippen molar-refractivity contribution in [3.05, 3.63) is 29.8 Å². The molecule has 2 aliphatic heterocycles. The summed E-state index contributed by atoms with van der Waals surface area (Å²) in [6.45, 7) is 5.50. The summed E-state index contributed by atoms with van der Waals surface area (Å²) in [6, 6.07) is 7.87. The van der Waals surface area contributed by atoms with E-state index in [9.17, 15) is 18.0 Å². The van der Waals surface area contributed by atoms with Gasteiger partial charge in [0.1, 0.15) is 0 Å². The Morgan fingerprint density at radius 1 is 1.07 bits per heavy atom. The van der Waals surface area contributed by atoms with Gasteiger partial charge < -0.3 is 9.80 Å². The third-order valence-corrected chi connectivity index (χ3v) is 7.32. The highest BCUT2D eigenvalue weighted by molar-refractivity contribution is 7.89. The highest BCUT2D eigenvalue weighted by Crippen LogP contribution is 2.27. The van der Waals surface area contributed by atoms with Crippen molar-refractivity contribution in [2.45, 2.75) is 26.7 Å². The first-order chi connectivity index (χ1) is 12.9. The molecule has 0 saturated carbocycles. The Hall–Kier alpha value is -1.93. The Morgan fingerprint density at radius 2 is 1.70 bits per heavy atom. The number of hydrogen-bond acceptors (Lipinski definition) is 4. The molecule has 2 amide bonds. The fraction of sp³-hybridized carbons (Fsp3) is 0.579. The first kappa shape index (κ1) is 19.8. The van der Waals surface area contributed by atoms with E-state index in [1.807, 2.05) is 24.3 Å². The summed E-state index contributed by atoms with van der Waals surface area (Å²) in [5.74, 6) is -0.379. The molecule has 1 unspecified atom stereocenters. The van der Waals surface area contributed by atoms with E-state index in [0.29, 0.717) is 32.7 Å². The Bertz CT molecular complexity index is 799. The first-order valence-electron chi connectivity index (χ1n) is 9.51. The van der Waals surface area contributed by atoms with Crippen LogP contribution >= 0.6 is 0 Å². The lowest BCUT2D eigenvalue weighted by Crippen LogP contribution is -2.52. The number of carbonyl (C=O) groups excluding carboxylic acids is 2. The van der Waals surface area contributed by atoms with Crippen LogP contribution < -0.4 is 4.90 Å². The van der Waals surface area contributed by atoms with E-state index in [4.69, 9.17) is 0 Å². The lowest BCUT2D eigenvalue weighted by atomic mass is 10.1. The van der Waals surface area contributed by atoms with Gasteiger partial charge in [-0.05, 0) is 31.0 Å². The molecule has 1 aromatic rings. The fourth-order valence-electron chi connectivity index (χ4n) is 3.66. The van der Waals surface area contributed by atoms with Crippen molar-refractivity contribution in [2.24, 2.45) is 5.92 Å². The van der Waals surface area contributed by atoms with Gasteiger partial charge in [-0.25, -0.2) is 8.42 Å². The second kappa shape index (κ2) is 7.98. The molecule has 0 radical (unpaired) electrons. The lowest BCUT2D eigenvalue weighted by Gasteiger charge is -2.35. The molecule has 1 aromatic carbocycles. The number of nitrogens with zero attached hydrogens (tertiary/aromatic N) is 3. The van der Waals surface area contributed by atoms with Crippen LogP contribution in [0.25, 0.3) is 0 Å². The van der Waals surface area contributed by atoms with E-state index in [-0.39, 0.29) is 29.9 Å². The van der Waals surface area contributed by atoms with E-state index in [1.54, 1.807) is 16.7 Å². The summed E-state index contributed by atoms with van der Waals surface area (Å²) in [5, 5.41) is 0. The van der Waals surface area contributed by atoms with Crippen LogP contribution in [0.2, 0.25) is 0 Å². The minimum atomic E-state index is -3.22. The molecule has 8 heteroatoms. The van der Waals surface area contributed by atoms with E-state index in [1.165, 1.54) is 9.87 Å². The molecule has 0 spiro atoms. The van der Waals surface area contributed by atoms with Crippen LogP contribution in [0.3, 0.4) is 0 Å². The average Bonchev–Trinajstić information content (AvgIpc) is 3.09. The van der Waals surface area contributed by atoms with Gasteiger partial charge >= 0.3 is 0 Å². The topological polar surface area (TPSA) is 78.0 Å². The van der Waals surface area contributed by atoms with Crippen LogP contribution in [-0.2, 0) is 26.0 Å². The van der Waals surface area contributed by atoms with Crippen molar-refractivity contribution in [3.8, 4) is 0 Å². The zero-order chi connectivity index (χ0) is 19.6. The smallest absolute Gasteiger partial charge is 0.228 e. The molecular formula is C19H27N3O4S. The number of anilines is 1. The summed E-state index contributed by atoms with van der Waals surface area (Å²) >= 11 is 0. The van der Waals surface area contributed by atoms with Crippen LogP contribution in [0.15, 0.2) is 24.3 Å². The molecule has 27 heavy (non-hydrogen) atoms. The molecule has 3 rings (SSSR count). The van der Waals surface area contributed by atoms with Crippen LogP contribution in [0.1, 0.15) is 25.8 Å². The number of piperazine rings is 1. The molecule has 2 saturated heterocycles. The fourth-order valence-corrected chi connectivity index (χ4v) is 4.75. The largest absolute Gasteiger partial charge is 0.340 e. The third kappa shape index (κ3) is 4.16. The monoisotopic (exact) mass is 393 g/mol. The molecule has 2 fully saturated rings. The van der Waals surface area contributed by atoms with E-state index in [0.717, 1.165) is 12.1 Å². The van der Waals surface area contributed by atoms with Crippen molar-refractivity contribution in [1.82, 2.24) is 9.21 Å². The van der Waals surface area contributed by atoms with Crippen LogP contribution in [0.5, 0.6) is 0 Å². The predicted molar refractivity (Wildman–Crippen MR) is 104 cm³/mol. The molecule has 7 nitrogen and oxygen atoms in total. The second-order valence-electron chi connectivity index (χ2n) is 7.05. The van der Waals surface area contributed by atoms with Gasteiger partial charge in [0, 0.05) is 44.8 Å². The van der Waals surface area contributed by atoms with Gasteiger partial charge in [-0.15, -0.1) is 0 Å². The van der Waals surface area contributed by atoms with E-state index < -0.39 is 10.0 Å². The Labute approximate surface area is 161 Å². The lowest BCUT2D eigenvalue weighted by molar-refractivity contribution is -0.136. The second-order valence-corrected chi connectivity index (χ2v) is 9.31. The number of benzene rings is 1. The quantitative estimate of drug-likeness (QED) is 0.750. The minimum Gasteiger partial charge on any atom is -0.340 e. The molecule has 148 valence electrons. The summed E-state index contributed by atoms with van der Waals surface area (Å²) in [5.41, 5.74) is 2.03. The van der Waals surface area contributed by atoms with Gasteiger partial charge in [-0.2, -0.15) is 4.31 Å². The van der Waals surface area contributed by atoms with Gasteiger partial charge in [-0.3, -0.25) is 9.59 Å². The maximum atomic E-state index is 12.8. The Balaban J connectivity index is 1.61. The maximum Gasteiger partial charge on any atom is 0.228 e. The Kier molecular flexibility index (Phi) is 5.86. The molecule has 0 bridgehead atoms. The number of carbonyl (C=O) groups is 2. The maximum absolute atomic E-state index is 12.8. The molecule has 1 atom stereocenters. The number of sulfonamides is 1. The summed E-state index contributed by atoms with van der Waals surface area (Å²) < 4.78 is 25.3. The van der Waals surface area contributed by atoms with Crippen molar-refractivity contribution in [3.63, 3.8) is 0 Å². The van der Waals surface area contributed by atoms with Crippen molar-refractivity contribution < 1.29 is 18.0 Å². The molecule has 0 N–H and O–H groups in total. The molecule has 2 aliphatic rings.